The number of carboxylic acids is 1. The molecule has 1 aromatic rings. The molecule has 0 atom stereocenters. The Labute approximate surface area is 105 Å². The van der Waals surface area contributed by atoms with E-state index in [1.54, 1.807) is 4.57 Å². The van der Waals surface area contributed by atoms with Crippen molar-refractivity contribution in [3.05, 3.63) is 0 Å². The van der Waals surface area contributed by atoms with Gasteiger partial charge in [0.05, 0.1) is 5.75 Å². The highest BCUT2D eigenvalue weighted by Gasteiger charge is 2.20. The predicted molar refractivity (Wildman–Crippen MR) is 66.9 cm³/mol. The molecule has 96 valence electrons. The molecule has 1 aromatic heterocycles. The van der Waals surface area contributed by atoms with Gasteiger partial charge in [0.2, 0.25) is 5.95 Å². The second-order valence-corrected chi connectivity index (χ2v) is 5.57. The molecule has 3 N–H and O–H groups in total. The Kier molecular flexibility index (Phi) is 4.39. The standard InChI is InChI=1S/C10H18N4O2S/c1-4-10(2,3)6-14-8(11)12-13-9(14)17-5-7(15)16/h4-6H2,1-3H3,(H2,11,12)(H,15,16). The number of nitrogens with two attached hydrogens (primary N) is 1. The van der Waals surface area contributed by atoms with Crippen LogP contribution in [0.15, 0.2) is 5.16 Å². The van der Waals surface area contributed by atoms with E-state index < -0.39 is 5.97 Å². The van der Waals surface area contributed by atoms with E-state index in [0.717, 1.165) is 18.2 Å². The molecule has 0 radical (unpaired) electrons. The van der Waals surface area contributed by atoms with Gasteiger partial charge in [-0.2, -0.15) is 0 Å². The number of anilines is 1. The summed E-state index contributed by atoms with van der Waals surface area (Å²) in [4.78, 5) is 10.5. The number of hydrogen-bond acceptors (Lipinski definition) is 5. The van der Waals surface area contributed by atoms with Crippen molar-refractivity contribution in [2.45, 2.75) is 38.9 Å². The molecule has 0 amide bonds. The largest absolute Gasteiger partial charge is 0.481 e. The Balaban J connectivity index is 2.83. The Hall–Kier alpha value is -1.24. The minimum Gasteiger partial charge on any atom is -0.481 e. The molecule has 0 aliphatic heterocycles. The molecule has 0 saturated carbocycles. The zero-order chi connectivity index (χ0) is 13.1. The van der Waals surface area contributed by atoms with Gasteiger partial charge in [0.15, 0.2) is 5.16 Å². The van der Waals surface area contributed by atoms with Crippen LogP contribution in [0.5, 0.6) is 0 Å². The van der Waals surface area contributed by atoms with Crippen LogP contribution in [0, 0.1) is 5.41 Å². The summed E-state index contributed by atoms with van der Waals surface area (Å²) in [5.41, 5.74) is 5.82. The third-order valence-corrected chi connectivity index (χ3v) is 3.56. The van der Waals surface area contributed by atoms with Gasteiger partial charge in [0, 0.05) is 6.54 Å². The number of nitrogen functional groups attached to an aromatic ring is 1. The molecule has 0 unspecified atom stereocenters. The van der Waals surface area contributed by atoms with Gasteiger partial charge in [-0.05, 0) is 11.8 Å². The quantitative estimate of drug-likeness (QED) is 0.750. The van der Waals surface area contributed by atoms with Crippen LogP contribution in [0.2, 0.25) is 0 Å². The number of rotatable bonds is 6. The van der Waals surface area contributed by atoms with E-state index in [9.17, 15) is 4.79 Å². The highest BCUT2D eigenvalue weighted by atomic mass is 32.2. The first-order chi connectivity index (χ1) is 7.85. The van der Waals surface area contributed by atoms with Gasteiger partial charge >= 0.3 is 5.97 Å². The molecule has 0 bridgehead atoms. The van der Waals surface area contributed by atoms with E-state index in [2.05, 4.69) is 31.0 Å². The van der Waals surface area contributed by atoms with Crippen LogP contribution in [0.4, 0.5) is 5.95 Å². The molecule has 7 heteroatoms. The van der Waals surface area contributed by atoms with E-state index in [1.165, 1.54) is 0 Å². The molecule has 0 aromatic carbocycles. The zero-order valence-electron chi connectivity index (χ0n) is 10.3. The summed E-state index contributed by atoms with van der Waals surface area (Å²) in [6, 6.07) is 0. The zero-order valence-corrected chi connectivity index (χ0v) is 11.1. The van der Waals surface area contributed by atoms with Gasteiger partial charge in [-0.25, -0.2) is 0 Å². The van der Waals surface area contributed by atoms with Gasteiger partial charge in [-0.3, -0.25) is 9.36 Å². The van der Waals surface area contributed by atoms with Crippen molar-refractivity contribution in [1.29, 1.82) is 0 Å². The van der Waals surface area contributed by atoms with Crippen molar-refractivity contribution in [3.8, 4) is 0 Å². The summed E-state index contributed by atoms with van der Waals surface area (Å²) in [6.07, 6.45) is 0.994. The Morgan fingerprint density at radius 3 is 2.71 bits per heavy atom. The van der Waals surface area contributed by atoms with Crippen LogP contribution in [-0.4, -0.2) is 31.6 Å². The summed E-state index contributed by atoms with van der Waals surface area (Å²) >= 11 is 1.14. The van der Waals surface area contributed by atoms with E-state index in [0.29, 0.717) is 17.6 Å². The lowest BCUT2D eigenvalue weighted by molar-refractivity contribution is -0.133. The fraction of sp³-hybridized carbons (Fsp3) is 0.700. The average Bonchev–Trinajstić information content (AvgIpc) is 2.57. The molecule has 0 saturated heterocycles. The molecule has 0 aliphatic rings. The molecule has 0 fully saturated rings. The topological polar surface area (TPSA) is 94.0 Å². The second kappa shape index (κ2) is 5.39. The molecule has 0 aliphatic carbocycles. The van der Waals surface area contributed by atoms with Crippen molar-refractivity contribution < 1.29 is 9.90 Å². The second-order valence-electron chi connectivity index (χ2n) is 4.63. The lowest BCUT2D eigenvalue weighted by Gasteiger charge is -2.24. The fourth-order valence-electron chi connectivity index (χ4n) is 1.22. The first-order valence-corrected chi connectivity index (χ1v) is 6.37. The van der Waals surface area contributed by atoms with Gasteiger partial charge in [0.1, 0.15) is 0 Å². The van der Waals surface area contributed by atoms with E-state index in [4.69, 9.17) is 10.8 Å². The number of thioether (sulfide) groups is 1. The number of carbonyl (C=O) groups is 1. The van der Waals surface area contributed by atoms with Crippen molar-refractivity contribution in [2.24, 2.45) is 5.41 Å². The summed E-state index contributed by atoms with van der Waals surface area (Å²) in [7, 11) is 0. The van der Waals surface area contributed by atoms with E-state index in [-0.39, 0.29) is 11.2 Å². The Morgan fingerprint density at radius 1 is 1.53 bits per heavy atom. The first kappa shape index (κ1) is 13.8. The molecule has 17 heavy (non-hydrogen) atoms. The number of hydrogen-bond donors (Lipinski definition) is 2. The first-order valence-electron chi connectivity index (χ1n) is 5.39. The van der Waals surface area contributed by atoms with Crippen LogP contribution < -0.4 is 5.73 Å². The third-order valence-electron chi connectivity index (χ3n) is 2.61. The highest BCUT2D eigenvalue weighted by Crippen LogP contribution is 2.27. The maximum Gasteiger partial charge on any atom is 0.313 e. The number of nitrogens with zero attached hydrogens (tertiary/aromatic N) is 3. The molecule has 6 nitrogen and oxygen atoms in total. The summed E-state index contributed by atoms with van der Waals surface area (Å²) in [5.74, 6) is -0.581. The van der Waals surface area contributed by atoms with Crippen molar-refractivity contribution in [2.75, 3.05) is 11.5 Å². The lowest BCUT2D eigenvalue weighted by Crippen LogP contribution is -2.20. The molecule has 1 heterocycles. The maximum atomic E-state index is 10.5. The summed E-state index contributed by atoms with van der Waals surface area (Å²) in [5, 5.41) is 16.9. The van der Waals surface area contributed by atoms with Crippen molar-refractivity contribution >= 4 is 23.7 Å². The normalized spacial score (nSPS) is 11.7. The van der Waals surface area contributed by atoms with Gasteiger partial charge in [-0.1, -0.05) is 32.5 Å². The molecule has 0 spiro atoms. The minimum absolute atomic E-state index is 0.0370. The van der Waals surface area contributed by atoms with Gasteiger partial charge in [0.25, 0.3) is 0 Å². The number of aliphatic carboxylic acids is 1. The Bertz CT molecular complexity index is 403. The smallest absolute Gasteiger partial charge is 0.313 e. The number of carboxylic acid groups (broad SMARTS) is 1. The fourth-order valence-corrected chi connectivity index (χ4v) is 1.89. The molecular weight excluding hydrogens is 240 g/mol. The van der Waals surface area contributed by atoms with Gasteiger partial charge in [-0.15, -0.1) is 10.2 Å². The maximum absolute atomic E-state index is 10.5. The van der Waals surface area contributed by atoms with Crippen LogP contribution in [-0.2, 0) is 11.3 Å². The monoisotopic (exact) mass is 258 g/mol. The lowest BCUT2D eigenvalue weighted by atomic mass is 9.90. The van der Waals surface area contributed by atoms with Gasteiger partial charge < -0.3 is 10.8 Å². The minimum atomic E-state index is -0.877. The predicted octanol–water partition coefficient (Wildman–Crippen LogP) is 1.47. The highest BCUT2D eigenvalue weighted by molar-refractivity contribution is 7.99. The van der Waals surface area contributed by atoms with Crippen LogP contribution in [0.25, 0.3) is 0 Å². The van der Waals surface area contributed by atoms with Crippen molar-refractivity contribution in [1.82, 2.24) is 14.8 Å². The van der Waals surface area contributed by atoms with Crippen molar-refractivity contribution in [3.63, 3.8) is 0 Å². The molecule has 1 rings (SSSR count). The summed E-state index contributed by atoms with van der Waals surface area (Å²) in [6.45, 7) is 7.03. The van der Waals surface area contributed by atoms with Crippen LogP contribution in [0.3, 0.4) is 0 Å². The van der Waals surface area contributed by atoms with Crippen LogP contribution in [0.1, 0.15) is 27.2 Å². The number of aromatic nitrogens is 3. The average molecular weight is 258 g/mol. The van der Waals surface area contributed by atoms with E-state index >= 15 is 0 Å². The third kappa shape index (κ3) is 3.92. The summed E-state index contributed by atoms with van der Waals surface area (Å²) < 4.78 is 1.77. The van der Waals surface area contributed by atoms with E-state index in [1.807, 2.05) is 0 Å². The SMILES string of the molecule is CCC(C)(C)Cn1c(N)nnc1SCC(=O)O. The Morgan fingerprint density at radius 2 is 2.18 bits per heavy atom. The molecular formula is C10H18N4O2S. The van der Waals surface area contributed by atoms with Crippen LogP contribution >= 0.6 is 11.8 Å².